The largest absolute Gasteiger partial charge is 1.00 e. The Hall–Kier alpha value is -5.96. The number of carboxylic acids is 1. The van der Waals surface area contributed by atoms with E-state index in [4.69, 9.17) is 20.4 Å². The molecule has 0 atom stereocenters. The molecule has 12 heteroatoms. The van der Waals surface area contributed by atoms with Crippen LogP contribution >= 0.6 is 0 Å². The fourth-order valence-corrected chi connectivity index (χ4v) is 4.74. The molecule has 0 aliphatic carbocycles. The van der Waals surface area contributed by atoms with E-state index in [0.29, 0.717) is 42.1 Å². The second-order valence-electron chi connectivity index (χ2n) is 10.1. The van der Waals surface area contributed by atoms with Crippen LogP contribution in [0.3, 0.4) is 0 Å². The molecule has 0 bridgehead atoms. The number of fused-ring (bicyclic) bond motifs is 2. The van der Waals surface area contributed by atoms with Crippen LogP contribution in [0.5, 0.6) is 0 Å². The first-order chi connectivity index (χ1) is 22.3. The molecule has 0 aliphatic heterocycles. The molecule has 2 aromatic carbocycles. The summed E-state index contributed by atoms with van der Waals surface area (Å²) in [6, 6.07) is 29.2. The smallest absolute Gasteiger partial charge is 0.870 e. The van der Waals surface area contributed by atoms with Crippen molar-refractivity contribution in [3.8, 4) is 12.1 Å². The number of hydrogen-bond donors (Lipinski definition) is 1. The number of carbonyl (C=O) groups is 2. The Morgan fingerprint density at radius 3 is 1.63 bits per heavy atom. The zero-order valence-corrected chi connectivity index (χ0v) is 26.2. The molecule has 49 heavy (non-hydrogen) atoms. The summed E-state index contributed by atoms with van der Waals surface area (Å²) in [6.07, 6.45) is 4.25. The average molecular weight is 647 g/mol. The fourth-order valence-electron chi connectivity index (χ4n) is 4.74. The monoisotopic (exact) mass is 646 g/mol. The number of hydrogen-bond acceptors (Lipinski definition) is 10. The van der Waals surface area contributed by atoms with Gasteiger partial charge in [-0.2, -0.15) is 10.5 Å². The number of aromatic carboxylic acids is 1. The molecule has 0 unspecified atom stereocenters. The van der Waals surface area contributed by atoms with Gasteiger partial charge in [0, 0.05) is 47.4 Å². The minimum atomic E-state index is -0.963. The number of nitrogens with zero attached hydrogens (tertiary/aromatic N) is 6. The quantitative estimate of drug-likeness (QED) is 0.197. The van der Waals surface area contributed by atoms with Crippen molar-refractivity contribution in [1.82, 2.24) is 19.9 Å². The molecule has 4 aromatic heterocycles. The van der Waals surface area contributed by atoms with Gasteiger partial charge in [-0.15, -0.1) is 0 Å². The molecule has 0 spiro atoms. The van der Waals surface area contributed by atoms with Gasteiger partial charge in [-0.3, -0.25) is 9.97 Å². The van der Waals surface area contributed by atoms with Gasteiger partial charge in [-0.1, -0.05) is 19.6 Å². The van der Waals surface area contributed by atoms with Crippen molar-refractivity contribution in [3.63, 3.8) is 0 Å². The van der Waals surface area contributed by atoms with Crippen LogP contribution < -0.4 is 18.9 Å². The number of carboxylic acid groups (broad SMARTS) is 1. The third-order valence-electron chi connectivity index (χ3n) is 6.90. The third kappa shape index (κ3) is 10.3. The van der Waals surface area contributed by atoms with E-state index in [9.17, 15) is 9.59 Å². The van der Waals surface area contributed by atoms with Crippen LogP contribution in [0.4, 0.5) is 0 Å². The number of carbonyl (C=O) groups excluding carboxylic acids is 1. The summed E-state index contributed by atoms with van der Waals surface area (Å²) in [5.41, 5.74) is 6.62. The number of ether oxygens (including phenoxy) is 1. The summed E-state index contributed by atoms with van der Waals surface area (Å²) < 4.78 is 5.01. The predicted molar refractivity (Wildman–Crippen MR) is 179 cm³/mol. The van der Waals surface area contributed by atoms with Crippen LogP contribution in [0.2, 0.25) is 0 Å². The molecular formula is C37H31LiN6O5. The SMILES string of the molecule is C.CCOC(=O)c1ccnc(Cc2ccc3nc(C#N)ccc3c2)c1.N#Cc1ccc2cc(Cc3cc(C(=O)O)ccn3)ccc2n1.[Li+].[OH-]. The number of pyridine rings is 4. The van der Waals surface area contributed by atoms with Crippen molar-refractivity contribution in [1.29, 1.82) is 10.5 Å². The van der Waals surface area contributed by atoms with Crippen LogP contribution in [0.25, 0.3) is 21.8 Å². The van der Waals surface area contributed by atoms with Crippen molar-refractivity contribution in [3.05, 3.63) is 142 Å². The molecule has 6 aromatic rings. The van der Waals surface area contributed by atoms with E-state index in [2.05, 4.69) is 19.9 Å². The van der Waals surface area contributed by atoms with Crippen molar-refractivity contribution in [2.45, 2.75) is 27.2 Å². The topological polar surface area (TPSA) is 193 Å². The van der Waals surface area contributed by atoms with Gasteiger partial charge in [0.2, 0.25) is 0 Å². The van der Waals surface area contributed by atoms with Gasteiger partial charge in [0.05, 0.1) is 28.8 Å². The second-order valence-corrected chi connectivity index (χ2v) is 10.1. The van der Waals surface area contributed by atoms with E-state index in [1.165, 1.54) is 12.3 Å². The minimum Gasteiger partial charge on any atom is -0.870 e. The molecule has 0 amide bonds. The maximum atomic E-state index is 11.8. The molecule has 0 aliphatic rings. The molecule has 240 valence electrons. The Balaban J connectivity index is 0.000000321. The normalized spacial score (nSPS) is 9.69. The number of nitriles is 2. The zero-order chi connectivity index (χ0) is 32.5. The average Bonchev–Trinajstić information content (AvgIpc) is 3.08. The summed E-state index contributed by atoms with van der Waals surface area (Å²) in [5.74, 6) is -1.30. The van der Waals surface area contributed by atoms with E-state index in [1.54, 1.807) is 43.5 Å². The van der Waals surface area contributed by atoms with Gasteiger partial charge in [0.25, 0.3) is 0 Å². The van der Waals surface area contributed by atoms with Gasteiger partial charge < -0.3 is 15.3 Å². The Labute approximate surface area is 295 Å². The Kier molecular flexibility index (Phi) is 14.7. The summed E-state index contributed by atoms with van der Waals surface area (Å²) in [4.78, 5) is 39.8. The summed E-state index contributed by atoms with van der Waals surface area (Å²) in [5, 5.41) is 28.7. The Morgan fingerprint density at radius 1 is 0.714 bits per heavy atom. The number of esters is 1. The minimum absolute atomic E-state index is 0. The summed E-state index contributed by atoms with van der Waals surface area (Å²) in [6.45, 7) is 2.12. The first-order valence-electron chi connectivity index (χ1n) is 14.2. The Morgan fingerprint density at radius 2 is 1.18 bits per heavy atom. The molecule has 0 saturated carbocycles. The summed E-state index contributed by atoms with van der Waals surface area (Å²) in [7, 11) is 0. The third-order valence-corrected chi connectivity index (χ3v) is 6.90. The van der Waals surface area contributed by atoms with Crippen LogP contribution in [-0.4, -0.2) is 49.1 Å². The van der Waals surface area contributed by atoms with Crippen LogP contribution in [0, 0.1) is 22.7 Å². The molecule has 0 saturated heterocycles. The molecule has 0 radical (unpaired) electrons. The Bertz CT molecular complexity index is 2180. The van der Waals surface area contributed by atoms with E-state index in [-0.39, 0.29) is 43.3 Å². The van der Waals surface area contributed by atoms with E-state index < -0.39 is 5.97 Å². The van der Waals surface area contributed by atoms with Gasteiger partial charge in [-0.05, 0) is 90.8 Å². The molecule has 4 heterocycles. The van der Waals surface area contributed by atoms with Crippen molar-refractivity contribution in [2.24, 2.45) is 0 Å². The predicted octanol–water partition coefficient (Wildman–Crippen LogP) is 3.52. The first kappa shape index (κ1) is 39.2. The van der Waals surface area contributed by atoms with Gasteiger partial charge in [-0.25, -0.2) is 19.6 Å². The van der Waals surface area contributed by atoms with E-state index in [0.717, 1.165) is 38.6 Å². The molecule has 0 fully saturated rings. The molecule has 2 N–H and O–H groups in total. The molecule has 6 rings (SSSR count). The van der Waals surface area contributed by atoms with Crippen molar-refractivity contribution < 1.29 is 43.8 Å². The number of rotatable bonds is 7. The maximum absolute atomic E-state index is 11.8. The standard InChI is InChI=1S/C19H15N3O2.C17H11N3O2.CH4.Li.H2O/c1-2-24-19(23)15-7-8-21-17(11-15)10-13-3-6-18-14(9-13)4-5-16(12-20)22-18;18-10-14-3-2-12-7-11(1-4-16(12)20-14)8-15-9-13(17(21)22)5-6-19-15;;;/h3-9,11H,2,10H2,1H3;1-7,9H,8H2,(H,21,22);1H4;;1H2/q;;;+1;/p-1. The van der Waals surface area contributed by atoms with Gasteiger partial charge >= 0.3 is 30.8 Å². The number of benzene rings is 2. The van der Waals surface area contributed by atoms with E-state index in [1.807, 2.05) is 60.7 Å². The van der Waals surface area contributed by atoms with Crippen LogP contribution in [-0.2, 0) is 17.6 Å². The van der Waals surface area contributed by atoms with Crippen molar-refractivity contribution >= 4 is 33.7 Å². The first-order valence-corrected chi connectivity index (χ1v) is 14.2. The van der Waals surface area contributed by atoms with Crippen LogP contribution in [0.1, 0.15) is 69.0 Å². The van der Waals surface area contributed by atoms with Gasteiger partial charge in [0.15, 0.2) is 0 Å². The molecule has 11 nitrogen and oxygen atoms in total. The second kappa shape index (κ2) is 18.4. The van der Waals surface area contributed by atoms with Gasteiger partial charge in [0.1, 0.15) is 23.5 Å². The summed E-state index contributed by atoms with van der Waals surface area (Å²) >= 11 is 0. The zero-order valence-electron chi connectivity index (χ0n) is 26.2. The van der Waals surface area contributed by atoms with E-state index >= 15 is 0 Å². The van der Waals surface area contributed by atoms with Crippen LogP contribution in [0.15, 0.2) is 97.3 Å². The number of aromatic nitrogens is 4. The van der Waals surface area contributed by atoms with Crippen molar-refractivity contribution in [2.75, 3.05) is 6.61 Å². The fraction of sp³-hybridized carbons (Fsp3) is 0.135. The molecular weight excluding hydrogens is 615 g/mol. The maximum Gasteiger partial charge on any atom is 1.00 e.